The Morgan fingerprint density at radius 1 is 0.513 bits per heavy atom. The maximum atomic E-state index is 11.7. The second-order valence-electron chi connectivity index (χ2n) is 10.5. The van der Waals surface area contributed by atoms with E-state index in [1.165, 1.54) is 38.5 Å². The molecule has 0 amide bonds. The fourth-order valence-electron chi connectivity index (χ4n) is 4.08. The number of ketones is 2. The van der Waals surface area contributed by atoms with E-state index in [0.29, 0.717) is 37.9 Å². The fourth-order valence-corrected chi connectivity index (χ4v) is 4.08. The van der Waals surface area contributed by atoms with E-state index < -0.39 is 0 Å². The minimum Gasteiger partial charge on any atom is -0.465 e. The predicted molar refractivity (Wildman–Crippen MR) is 162 cm³/mol. The third kappa shape index (κ3) is 29.9. The van der Waals surface area contributed by atoms with Gasteiger partial charge in [-0.2, -0.15) is 0 Å². The van der Waals surface area contributed by atoms with Crippen molar-refractivity contribution in [2.75, 3.05) is 13.2 Å². The Labute approximate surface area is 257 Å². The van der Waals surface area contributed by atoms with Gasteiger partial charge in [-0.3, -0.25) is 19.2 Å². The van der Waals surface area contributed by atoms with Gasteiger partial charge in [0.05, 0.1) is 13.2 Å². The molecular formula is C32H60O6Sn. The van der Waals surface area contributed by atoms with Gasteiger partial charge in [-0.1, -0.05) is 106 Å². The van der Waals surface area contributed by atoms with E-state index in [0.717, 1.165) is 51.4 Å². The van der Waals surface area contributed by atoms with Gasteiger partial charge in [-0.25, -0.2) is 0 Å². The van der Waals surface area contributed by atoms with Crippen LogP contribution in [-0.4, -0.2) is 60.6 Å². The van der Waals surface area contributed by atoms with Crippen LogP contribution in [0.4, 0.5) is 0 Å². The van der Waals surface area contributed by atoms with Crippen molar-refractivity contribution in [2.24, 2.45) is 11.8 Å². The summed E-state index contributed by atoms with van der Waals surface area (Å²) in [7, 11) is 0. The molecule has 4 radical (unpaired) electrons. The molecule has 0 N–H and O–H groups in total. The number of hydrogen-bond donors (Lipinski definition) is 0. The Bertz CT molecular complexity index is 555. The first-order valence-electron chi connectivity index (χ1n) is 15.6. The van der Waals surface area contributed by atoms with Crippen LogP contribution in [-0.2, 0) is 28.7 Å². The SMILES string of the molecule is CCCCOC(=O)CC(=O)CCC(CC)CCCC.CCCCOC(=O)CC(=O)CCC(CC)CCCC.[Sn]. The Balaban J connectivity index is -0.000000648. The largest absolute Gasteiger partial charge is 0.465 e. The zero-order valence-electron chi connectivity index (χ0n) is 26.2. The van der Waals surface area contributed by atoms with Gasteiger partial charge in [-0.05, 0) is 37.5 Å². The standard InChI is InChI=1S/2C16H30O3.Sn/c2*1-4-7-9-14(6-3)10-11-15(17)13-16(18)19-12-8-5-2;/h2*14H,4-13H2,1-3H3;. The first-order valence-corrected chi connectivity index (χ1v) is 15.6. The molecule has 39 heavy (non-hydrogen) atoms. The number of unbranched alkanes of at least 4 members (excludes halogenated alkanes) is 4. The van der Waals surface area contributed by atoms with Gasteiger partial charge in [-0.15, -0.1) is 0 Å². The Morgan fingerprint density at radius 2 is 0.846 bits per heavy atom. The van der Waals surface area contributed by atoms with E-state index in [9.17, 15) is 19.2 Å². The third-order valence-electron chi connectivity index (χ3n) is 6.95. The van der Waals surface area contributed by atoms with Crippen molar-refractivity contribution in [1.29, 1.82) is 0 Å². The van der Waals surface area contributed by atoms with Crippen molar-refractivity contribution in [3.63, 3.8) is 0 Å². The molecule has 2 atom stereocenters. The van der Waals surface area contributed by atoms with Crippen LogP contribution in [0.3, 0.4) is 0 Å². The monoisotopic (exact) mass is 660 g/mol. The van der Waals surface area contributed by atoms with E-state index in [4.69, 9.17) is 9.47 Å². The van der Waals surface area contributed by atoms with Crippen molar-refractivity contribution in [1.82, 2.24) is 0 Å². The molecular weight excluding hydrogens is 599 g/mol. The minimum absolute atomic E-state index is 0. The predicted octanol–water partition coefficient (Wildman–Crippen LogP) is 8.19. The summed E-state index contributed by atoms with van der Waals surface area (Å²) in [5.74, 6) is 0.577. The Kier molecular flexibility index (Phi) is 34.5. The number of Topliss-reactive ketones (excluding diaryl/α,β-unsaturated/α-hetero) is 2. The summed E-state index contributed by atoms with van der Waals surface area (Å²) in [6, 6.07) is 0. The summed E-state index contributed by atoms with van der Waals surface area (Å²) in [5.41, 5.74) is 0. The van der Waals surface area contributed by atoms with Crippen molar-refractivity contribution in [2.45, 2.75) is 157 Å². The van der Waals surface area contributed by atoms with Gasteiger partial charge in [0.25, 0.3) is 0 Å². The number of hydrogen-bond acceptors (Lipinski definition) is 6. The molecule has 228 valence electrons. The fraction of sp³-hybridized carbons (Fsp3) is 0.875. The van der Waals surface area contributed by atoms with E-state index in [-0.39, 0.29) is 60.3 Å². The first kappa shape index (κ1) is 42.5. The van der Waals surface area contributed by atoms with Gasteiger partial charge in [0.2, 0.25) is 0 Å². The van der Waals surface area contributed by atoms with Gasteiger partial charge >= 0.3 is 11.9 Å². The summed E-state index contributed by atoms with van der Waals surface area (Å²) in [4.78, 5) is 46.1. The molecule has 0 aliphatic rings. The molecule has 7 heteroatoms. The quantitative estimate of drug-likeness (QED) is 0.0450. The summed E-state index contributed by atoms with van der Waals surface area (Å²) in [6.07, 6.45) is 16.0. The zero-order valence-corrected chi connectivity index (χ0v) is 29.1. The van der Waals surface area contributed by atoms with Crippen molar-refractivity contribution in [3.8, 4) is 0 Å². The van der Waals surface area contributed by atoms with Crippen LogP contribution in [0.25, 0.3) is 0 Å². The minimum atomic E-state index is -0.361. The maximum Gasteiger partial charge on any atom is 0.313 e. The molecule has 0 aliphatic heterocycles. The second kappa shape index (κ2) is 31.6. The molecule has 0 bridgehead atoms. The van der Waals surface area contributed by atoms with Crippen LogP contribution in [0.2, 0.25) is 0 Å². The molecule has 0 heterocycles. The summed E-state index contributed by atoms with van der Waals surface area (Å²) >= 11 is 0. The number of rotatable bonds is 24. The average Bonchev–Trinajstić information content (AvgIpc) is 2.89. The number of esters is 2. The molecule has 2 unspecified atom stereocenters. The van der Waals surface area contributed by atoms with Crippen molar-refractivity contribution < 1.29 is 28.7 Å². The normalized spacial score (nSPS) is 11.8. The van der Waals surface area contributed by atoms with E-state index in [1.54, 1.807) is 0 Å². The maximum absolute atomic E-state index is 11.7. The molecule has 0 aromatic rings. The first-order chi connectivity index (χ1) is 18.3. The number of carbonyl (C=O) groups excluding carboxylic acids is 4. The topological polar surface area (TPSA) is 86.7 Å². The van der Waals surface area contributed by atoms with Gasteiger partial charge in [0, 0.05) is 36.7 Å². The second-order valence-corrected chi connectivity index (χ2v) is 10.5. The molecule has 0 fully saturated rings. The number of carbonyl (C=O) groups is 4. The Hall–Kier alpha value is -0.921. The smallest absolute Gasteiger partial charge is 0.313 e. The average molecular weight is 660 g/mol. The van der Waals surface area contributed by atoms with Crippen LogP contribution in [0.5, 0.6) is 0 Å². The van der Waals surface area contributed by atoms with Crippen molar-refractivity contribution in [3.05, 3.63) is 0 Å². The van der Waals surface area contributed by atoms with Crippen molar-refractivity contribution >= 4 is 47.4 Å². The third-order valence-corrected chi connectivity index (χ3v) is 6.95. The van der Waals surface area contributed by atoms with E-state index in [1.807, 2.05) is 13.8 Å². The molecule has 0 aromatic heterocycles. The van der Waals surface area contributed by atoms with E-state index >= 15 is 0 Å². The molecule has 0 aromatic carbocycles. The van der Waals surface area contributed by atoms with Gasteiger partial charge < -0.3 is 9.47 Å². The number of ether oxygens (including phenoxy) is 2. The Morgan fingerprint density at radius 3 is 1.13 bits per heavy atom. The van der Waals surface area contributed by atoms with Crippen LogP contribution >= 0.6 is 0 Å². The van der Waals surface area contributed by atoms with Gasteiger partial charge in [0.1, 0.15) is 24.4 Å². The molecule has 0 rings (SSSR count). The molecule has 0 aliphatic carbocycles. The summed E-state index contributed by atoms with van der Waals surface area (Å²) < 4.78 is 9.98. The van der Waals surface area contributed by atoms with Crippen LogP contribution in [0.1, 0.15) is 157 Å². The summed E-state index contributed by atoms with van der Waals surface area (Å²) in [5, 5.41) is 0. The zero-order chi connectivity index (χ0) is 29.0. The van der Waals surface area contributed by atoms with Crippen LogP contribution in [0, 0.1) is 11.8 Å². The van der Waals surface area contributed by atoms with E-state index in [2.05, 4.69) is 27.7 Å². The van der Waals surface area contributed by atoms with Crippen LogP contribution < -0.4 is 0 Å². The molecule has 0 spiro atoms. The van der Waals surface area contributed by atoms with Gasteiger partial charge in [0.15, 0.2) is 0 Å². The molecule has 6 nitrogen and oxygen atoms in total. The molecule has 0 saturated heterocycles. The molecule has 0 saturated carbocycles. The van der Waals surface area contributed by atoms with Crippen LogP contribution in [0.15, 0.2) is 0 Å². The summed E-state index contributed by atoms with van der Waals surface area (Å²) in [6.45, 7) is 13.7.